The normalized spacial score (nSPS) is 13.6. The summed E-state index contributed by atoms with van der Waals surface area (Å²) in [5.74, 6) is 0.267. The first-order valence-corrected chi connectivity index (χ1v) is 22.9. The fraction of sp³-hybridized carbons (Fsp3) is 0.318. The summed E-state index contributed by atoms with van der Waals surface area (Å²) in [6.45, 7) is 9.78. The molecule has 2 aliphatic rings. The van der Waals surface area contributed by atoms with E-state index in [9.17, 15) is 26.8 Å². The van der Waals surface area contributed by atoms with Crippen LogP contribution in [0.2, 0.25) is 0 Å². The molecule has 0 radical (unpaired) electrons. The summed E-state index contributed by atoms with van der Waals surface area (Å²) >= 11 is 0. The van der Waals surface area contributed by atoms with Gasteiger partial charge >= 0.3 is 12.1 Å². The predicted molar refractivity (Wildman–Crippen MR) is 251 cm³/mol. The molecule has 0 saturated heterocycles. The average molecular weight is 979 g/mol. The third kappa shape index (κ3) is 11.9. The fourth-order valence-electron chi connectivity index (χ4n) is 7.12. The maximum Gasteiger partial charge on any atom is 0.322 e. The van der Waals surface area contributed by atoms with E-state index >= 15 is 0 Å². The fourth-order valence-corrected chi connectivity index (χ4v) is 8.61. The van der Waals surface area contributed by atoms with Gasteiger partial charge in [-0.05, 0) is 80.3 Å². The number of carbonyl (C=O) groups is 2. The van der Waals surface area contributed by atoms with Gasteiger partial charge in [-0.3, -0.25) is 0 Å². The molecule has 364 valence electrons. The maximum absolute atomic E-state index is 14.5. The number of benzene rings is 2. The van der Waals surface area contributed by atoms with Gasteiger partial charge in [0.2, 0.25) is 11.8 Å². The van der Waals surface area contributed by atoms with Gasteiger partial charge in [0.25, 0.3) is 0 Å². The summed E-state index contributed by atoms with van der Waals surface area (Å²) in [5.41, 5.74) is 3.94. The molecule has 6 aromatic rings. The van der Waals surface area contributed by atoms with Crippen molar-refractivity contribution in [2.45, 2.75) is 75.3 Å². The lowest BCUT2D eigenvalue weighted by Gasteiger charge is -2.19. The van der Waals surface area contributed by atoms with Crippen LogP contribution in [0.15, 0.2) is 91.8 Å². The Balaban J connectivity index is 0.000000247. The number of rotatable bonds is 10. The van der Waals surface area contributed by atoms with Gasteiger partial charge in [-0.1, -0.05) is 27.7 Å². The number of aryl methyl sites for hydroxylation is 2. The van der Waals surface area contributed by atoms with Crippen molar-refractivity contribution in [3.8, 4) is 45.8 Å². The second-order valence-electron chi connectivity index (χ2n) is 15.3. The molecule has 2 aromatic carbocycles. The number of carbonyl (C=O) groups excluding carboxylic acids is 2. The molecule has 68 heavy (non-hydrogen) atoms. The molecule has 4 amide bonds. The minimum absolute atomic E-state index is 0. The lowest BCUT2D eigenvalue weighted by Crippen LogP contribution is -2.15. The zero-order chi connectivity index (χ0) is 47.1. The number of pyridine rings is 2. The summed E-state index contributed by atoms with van der Waals surface area (Å²) < 4.78 is 86.6. The number of methoxy groups -OCH3 is 2. The van der Waals surface area contributed by atoms with E-state index < -0.39 is 44.9 Å². The molecule has 2 aliphatic heterocycles. The monoisotopic (exact) mass is 978 g/mol. The standard InChI is InChI=1S/2C22H23FN5O4S.2H3N/c2*1-13(2)16-10-15(23)11-17(14-5-6-24-19(9-14)31-3)20(16)26-22(29)27-33(30)18-12-25-28-7-4-8-32-21(18)28;;/h2*5-6,9-13H,4,7-8H2,1-3H3,(H,26,29);2*1H3/q2*-1;;. The number of ether oxygens (including phenoxy) is 4. The summed E-state index contributed by atoms with van der Waals surface area (Å²) in [7, 11) is -1.09. The van der Waals surface area contributed by atoms with Crippen LogP contribution >= 0.6 is 0 Å². The number of urea groups is 2. The van der Waals surface area contributed by atoms with Gasteiger partial charge in [-0.2, -0.15) is 10.2 Å². The Bertz CT molecular complexity index is 2770. The highest BCUT2D eigenvalue weighted by Gasteiger charge is 2.21. The van der Waals surface area contributed by atoms with Crippen molar-refractivity contribution >= 4 is 44.6 Å². The minimum atomic E-state index is -2.02. The van der Waals surface area contributed by atoms with Crippen LogP contribution in [0.1, 0.15) is 63.5 Å². The first-order valence-electron chi connectivity index (χ1n) is 20.7. The van der Waals surface area contributed by atoms with E-state index in [1.54, 1.807) is 33.6 Å². The van der Waals surface area contributed by atoms with Gasteiger partial charge in [0.15, 0.2) is 11.8 Å². The Hall–Kier alpha value is -7.02. The van der Waals surface area contributed by atoms with Crippen LogP contribution in [0, 0.1) is 11.6 Å². The molecule has 8 rings (SSSR count). The molecule has 6 heterocycles. The first kappa shape index (κ1) is 52.0. The third-order valence-electron chi connectivity index (χ3n) is 10.2. The molecule has 4 aromatic heterocycles. The van der Waals surface area contributed by atoms with Gasteiger partial charge in [0.05, 0.1) is 38.8 Å². The maximum atomic E-state index is 14.5. The molecule has 0 bridgehead atoms. The highest BCUT2D eigenvalue weighted by molar-refractivity contribution is 7.75. The van der Waals surface area contributed by atoms with E-state index in [1.807, 2.05) is 27.7 Å². The number of aromatic nitrogens is 6. The molecule has 20 nitrogen and oxygen atoms in total. The Labute approximate surface area is 394 Å². The Morgan fingerprint density at radius 3 is 1.44 bits per heavy atom. The number of hydrogen-bond acceptors (Lipinski definition) is 16. The molecule has 24 heteroatoms. The second kappa shape index (κ2) is 23.1. The van der Waals surface area contributed by atoms with Crippen molar-refractivity contribution in [1.29, 1.82) is 0 Å². The molecule has 0 spiro atoms. The van der Waals surface area contributed by atoms with Crippen molar-refractivity contribution in [2.75, 3.05) is 38.1 Å². The Morgan fingerprint density at radius 1 is 0.676 bits per heavy atom. The van der Waals surface area contributed by atoms with Crippen LogP contribution < -0.4 is 41.9 Å². The Morgan fingerprint density at radius 2 is 1.07 bits per heavy atom. The van der Waals surface area contributed by atoms with Crippen molar-refractivity contribution in [3.05, 3.63) is 96.1 Å². The molecule has 0 fully saturated rings. The van der Waals surface area contributed by atoms with E-state index in [4.69, 9.17) is 18.9 Å². The lowest BCUT2D eigenvalue weighted by molar-refractivity contribution is 0.224. The second-order valence-corrected chi connectivity index (χ2v) is 17.6. The molecule has 0 saturated carbocycles. The third-order valence-corrected chi connectivity index (χ3v) is 12.2. The van der Waals surface area contributed by atoms with E-state index in [-0.39, 0.29) is 33.9 Å². The smallest absolute Gasteiger partial charge is 0.322 e. The topological polar surface area (TPSA) is 285 Å². The molecule has 8 N–H and O–H groups in total. The van der Waals surface area contributed by atoms with E-state index in [1.165, 1.54) is 63.3 Å². The number of nitrogens with one attached hydrogen (secondary N) is 2. The number of anilines is 2. The number of fused-ring (bicyclic) bond motifs is 2. The van der Waals surface area contributed by atoms with Crippen molar-refractivity contribution in [2.24, 2.45) is 8.73 Å². The summed E-state index contributed by atoms with van der Waals surface area (Å²) in [6, 6.07) is 10.3. The zero-order valence-corrected chi connectivity index (χ0v) is 39.8. The van der Waals surface area contributed by atoms with E-state index in [2.05, 4.69) is 39.5 Å². The van der Waals surface area contributed by atoms with Gasteiger partial charge in [0, 0.05) is 74.0 Å². The summed E-state index contributed by atoms with van der Waals surface area (Å²) in [6.07, 6.45) is 7.43. The van der Waals surface area contributed by atoms with Crippen LogP contribution in [0.25, 0.3) is 22.3 Å². The van der Waals surface area contributed by atoms with Crippen molar-refractivity contribution in [3.63, 3.8) is 0 Å². The number of nitrogens with zero attached hydrogens (tertiary/aromatic N) is 8. The van der Waals surface area contributed by atoms with Crippen molar-refractivity contribution < 1.29 is 45.7 Å². The quantitative estimate of drug-likeness (QED) is 0.0930. The highest BCUT2D eigenvalue weighted by atomic mass is 32.2. The van der Waals surface area contributed by atoms with E-state index in [0.717, 1.165) is 12.8 Å². The highest BCUT2D eigenvalue weighted by Crippen LogP contribution is 2.39. The van der Waals surface area contributed by atoms with E-state index in [0.29, 0.717) is 94.6 Å². The van der Waals surface area contributed by atoms with Crippen LogP contribution in [0.3, 0.4) is 0 Å². The van der Waals surface area contributed by atoms with Crippen molar-refractivity contribution in [1.82, 2.24) is 41.8 Å². The molecular formula is C44H52F2N12O8S2-2. The van der Waals surface area contributed by atoms with Gasteiger partial charge in [-0.15, -0.1) is 21.2 Å². The van der Waals surface area contributed by atoms with Crippen LogP contribution in [0.4, 0.5) is 29.7 Å². The van der Waals surface area contributed by atoms with Crippen LogP contribution in [-0.2, 0) is 42.7 Å². The van der Waals surface area contributed by atoms with Crippen LogP contribution in [-0.4, -0.2) is 69.0 Å². The zero-order valence-electron chi connectivity index (χ0n) is 38.2. The van der Waals surface area contributed by atoms with Gasteiger partial charge in [-0.25, -0.2) is 37.7 Å². The first-order chi connectivity index (χ1) is 31.7. The van der Waals surface area contributed by atoms with Gasteiger partial charge in [0.1, 0.15) is 11.6 Å². The largest absolute Gasteiger partial charge is 0.481 e. The lowest BCUT2D eigenvalue weighted by atomic mass is 9.94. The number of hydrogen-bond donors (Lipinski definition) is 4. The molecule has 0 aliphatic carbocycles. The number of halogens is 2. The average Bonchev–Trinajstić information content (AvgIpc) is 3.95. The van der Waals surface area contributed by atoms with Gasteiger partial charge < -0.3 is 59.0 Å². The molecule has 0 unspecified atom stereocenters. The Kier molecular flexibility index (Phi) is 17.7. The summed E-state index contributed by atoms with van der Waals surface area (Å²) in [5, 5.41) is 13.7. The SMILES string of the molecule is COc1cc(-c2cc(F)cc(C(C)C)c2NC(=O)N=[S-](=O)c2cnn3c2OCCC3)ccn1.COc1cc(-c2cc(F)cc(C(C)C)c2NC(=O)N=[S-](=O)c2cnn3c2OCCC3)ccn1.N.N. The predicted octanol–water partition coefficient (Wildman–Crippen LogP) is 9.80. The molecule has 0 atom stereocenters. The van der Waals surface area contributed by atoms with Crippen LogP contribution in [0.5, 0.6) is 23.5 Å². The summed E-state index contributed by atoms with van der Waals surface area (Å²) in [4.78, 5) is 34.2. The molecular weight excluding hydrogens is 927 g/mol. The minimum Gasteiger partial charge on any atom is -0.481 e. The number of amides is 4.